The summed E-state index contributed by atoms with van der Waals surface area (Å²) < 4.78 is 0. The van der Waals surface area contributed by atoms with Crippen molar-refractivity contribution in [3.8, 4) is 0 Å². The highest BCUT2D eigenvalue weighted by molar-refractivity contribution is 5.22. The number of likely N-dealkylation sites (N-methyl/N-ethyl adjacent to an activating group) is 2. The molecular weight excluding hydrogens is 436 g/mol. The Morgan fingerprint density at radius 1 is 0.743 bits per heavy atom. The van der Waals surface area contributed by atoms with Crippen LogP contribution < -0.4 is 31.9 Å². The van der Waals surface area contributed by atoms with Gasteiger partial charge in [0.15, 0.2) is 0 Å². The fourth-order valence-electron chi connectivity index (χ4n) is 4.30. The zero-order chi connectivity index (χ0) is 24.8. The van der Waals surface area contributed by atoms with Gasteiger partial charge in [0, 0.05) is 65.4 Å². The van der Waals surface area contributed by atoms with Crippen molar-refractivity contribution >= 4 is 0 Å². The smallest absolute Gasteiger partial charge is 0.0234 e. The van der Waals surface area contributed by atoms with Crippen LogP contribution in [0.5, 0.6) is 0 Å². The molecule has 0 saturated carbocycles. The quantitative estimate of drug-likeness (QED) is 0.208. The summed E-state index contributed by atoms with van der Waals surface area (Å²) >= 11 is 0. The number of hydrogen-bond donors (Lipinski definition) is 6. The van der Waals surface area contributed by atoms with Crippen molar-refractivity contribution in [3.63, 3.8) is 0 Å². The summed E-state index contributed by atoms with van der Waals surface area (Å²) in [5.41, 5.74) is 2.81. The molecule has 202 valence electrons. The molecule has 1 aliphatic heterocycles. The molecule has 0 atom stereocenters. The lowest BCUT2D eigenvalue weighted by atomic mass is 10.1. The molecule has 0 aromatic heterocycles. The second-order valence-corrected chi connectivity index (χ2v) is 9.74. The predicted octanol–water partition coefficient (Wildman–Crippen LogP) is 0.272. The van der Waals surface area contributed by atoms with Gasteiger partial charge in [-0.1, -0.05) is 24.3 Å². The summed E-state index contributed by atoms with van der Waals surface area (Å²) in [6, 6.07) is 9.27. The van der Waals surface area contributed by atoms with E-state index in [0.717, 1.165) is 105 Å². The maximum atomic E-state index is 3.61. The van der Waals surface area contributed by atoms with Crippen LogP contribution in [0.4, 0.5) is 0 Å². The van der Waals surface area contributed by atoms with E-state index < -0.39 is 0 Å². The predicted molar refractivity (Wildman–Crippen MR) is 150 cm³/mol. The molecule has 1 heterocycles. The van der Waals surface area contributed by atoms with Crippen molar-refractivity contribution in [3.05, 3.63) is 35.4 Å². The van der Waals surface area contributed by atoms with Gasteiger partial charge in [-0.05, 0) is 83.8 Å². The maximum Gasteiger partial charge on any atom is 0.0234 e. The van der Waals surface area contributed by atoms with Crippen LogP contribution in [0.15, 0.2) is 24.3 Å². The Balaban J connectivity index is 1.63. The summed E-state index contributed by atoms with van der Waals surface area (Å²) in [4.78, 5) is 5.00. The first kappa shape index (κ1) is 30.1. The summed E-state index contributed by atoms with van der Waals surface area (Å²) in [5, 5.41) is 20.8. The van der Waals surface area contributed by atoms with Crippen LogP contribution >= 0.6 is 0 Å². The van der Waals surface area contributed by atoms with E-state index in [0.29, 0.717) is 0 Å². The average molecular weight is 491 g/mol. The zero-order valence-corrected chi connectivity index (χ0v) is 22.6. The third-order valence-electron chi connectivity index (χ3n) is 6.43. The fraction of sp³-hybridized carbons (Fsp3) is 0.778. The minimum Gasteiger partial charge on any atom is -0.318 e. The Labute approximate surface area is 215 Å². The molecule has 6 N–H and O–H groups in total. The van der Waals surface area contributed by atoms with Gasteiger partial charge in [-0.2, -0.15) is 0 Å². The molecule has 2 rings (SSSR count). The molecule has 0 unspecified atom stereocenters. The summed E-state index contributed by atoms with van der Waals surface area (Å²) in [5.74, 6) is 0. The molecule has 35 heavy (non-hydrogen) atoms. The van der Waals surface area contributed by atoms with Crippen molar-refractivity contribution in [2.45, 2.75) is 32.4 Å². The molecule has 1 aliphatic rings. The highest BCUT2D eigenvalue weighted by Crippen LogP contribution is 2.10. The van der Waals surface area contributed by atoms with Crippen LogP contribution in [0.25, 0.3) is 0 Å². The van der Waals surface area contributed by atoms with Crippen LogP contribution in [0, 0.1) is 0 Å². The standard InChI is InChI=1S/C27H54N8/c1-28-15-16-29-10-3-12-32-19-22-34(2)24-26-6-8-27(9-7-26)25-35-21-5-14-31-18-17-30-11-4-13-33-20-23-35/h6-9,28-33H,3-5,10-25H2,1-2H3. The lowest BCUT2D eigenvalue weighted by Crippen LogP contribution is -2.36. The summed E-state index contributed by atoms with van der Waals surface area (Å²) in [6.07, 6.45) is 3.57. The molecule has 1 saturated heterocycles. The first-order valence-electron chi connectivity index (χ1n) is 13.9. The van der Waals surface area contributed by atoms with Gasteiger partial charge in [0.05, 0.1) is 0 Å². The summed E-state index contributed by atoms with van der Waals surface area (Å²) in [6.45, 7) is 17.1. The Kier molecular flexibility index (Phi) is 18.1. The number of nitrogens with zero attached hydrogens (tertiary/aromatic N) is 2. The third kappa shape index (κ3) is 16.3. The first-order valence-corrected chi connectivity index (χ1v) is 13.9. The van der Waals surface area contributed by atoms with Gasteiger partial charge in [-0.15, -0.1) is 0 Å². The number of benzene rings is 1. The monoisotopic (exact) mass is 490 g/mol. The van der Waals surface area contributed by atoms with E-state index in [1.165, 1.54) is 30.4 Å². The van der Waals surface area contributed by atoms with Crippen molar-refractivity contribution < 1.29 is 0 Å². The Morgan fingerprint density at radius 2 is 1.40 bits per heavy atom. The summed E-state index contributed by atoms with van der Waals surface area (Å²) in [7, 11) is 4.21. The SMILES string of the molecule is CNCCNCCCNCCN(C)Cc1ccc(CN2CCCNCCNCCCNCC2)cc1. The molecule has 1 aromatic rings. The van der Waals surface area contributed by atoms with Gasteiger partial charge >= 0.3 is 0 Å². The fourth-order valence-corrected chi connectivity index (χ4v) is 4.30. The van der Waals surface area contributed by atoms with Crippen LogP contribution in [-0.2, 0) is 13.1 Å². The molecule has 1 aromatic carbocycles. The zero-order valence-electron chi connectivity index (χ0n) is 22.6. The number of nitrogens with one attached hydrogen (secondary N) is 6. The second kappa shape index (κ2) is 21.0. The van der Waals surface area contributed by atoms with Crippen molar-refractivity contribution in [2.75, 3.05) is 106 Å². The second-order valence-electron chi connectivity index (χ2n) is 9.74. The van der Waals surface area contributed by atoms with Gasteiger partial charge < -0.3 is 36.8 Å². The van der Waals surface area contributed by atoms with Crippen LogP contribution in [0.1, 0.15) is 30.4 Å². The Morgan fingerprint density at radius 3 is 2.14 bits per heavy atom. The van der Waals surface area contributed by atoms with E-state index in [2.05, 4.69) is 73.0 Å². The lowest BCUT2D eigenvalue weighted by Gasteiger charge is -2.23. The molecule has 0 amide bonds. The molecule has 1 fully saturated rings. The Bertz CT molecular complexity index is 583. The lowest BCUT2D eigenvalue weighted by molar-refractivity contribution is 0.260. The van der Waals surface area contributed by atoms with E-state index in [1.54, 1.807) is 0 Å². The van der Waals surface area contributed by atoms with Gasteiger partial charge in [-0.3, -0.25) is 4.90 Å². The van der Waals surface area contributed by atoms with E-state index in [1.807, 2.05) is 7.05 Å². The number of rotatable bonds is 14. The molecule has 0 aliphatic carbocycles. The van der Waals surface area contributed by atoms with E-state index in [9.17, 15) is 0 Å². The van der Waals surface area contributed by atoms with E-state index >= 15 is 0 Å². The van der Waals surface area contributed by atoms with Crippen molar-refractivity contribution in [1.29, 1.82) is 0 Å². The third-order valence-corrected chi connectivity index (χ3v) is 6.43. The minimum atomic E-state index is 1.00. The topological polar surface area (TPSA) is 78.7 Å². The van der Waals surface area contributed by atoms with Crippen molar-refractivity contribution in [2.24, 2.45) is 0 Å². The largest absolute Gasteiger partial charge is 0.318 e. The maximum absolute atomic E-state index is 3.61. The molecule has 0 bridgehead atoms. The van der Waals surface area contributed by atoms with Gasteiger partial charge in [0.1, 0.15) is 0 Å². The van der Waals surface area contributed by atoms with Crippen LogP contribution in [0.2, 0.25) is 0 Å². The highest BCUT2D eigenvalue weighted by atomic mass is 15.1. The van der Waals surface area contributed by atoms with Crippen molar-refractivity contribution in [1.82, 2.24) is 41.7 Å². The average Bonchev–Trinajstić information content (AvgIpc) is 2.86. The Hall–Kier alpha value is -1.10. The number of hydrogen-bond acceptors (Lipinski definition) is 8. The van der Waals surface area contributed by atoms with Gasteiger partial charge in [0.2, 0.25) is 0 Å². The normalized spacial score (nSPS) is 17.5. The molecule has 8 heteroatoms. The van der Waals surface area contributed by atoms with Crippen LogP contribution in [-0.4, -0.2) is 116 Å². The van der Waals surface area contributed by atoms with Gasteiger partial charge in [0.25, 0.3) is 0 Å². The molecule has 0 spiro atoms. The first-order chi connectivity index (χ1) is 17.3. The van der Waals surface area contributed by atoms with Crippen LogP contribution in [0.3, 0.4) is 0 Å². The molecular formula is C27H54N8. The van der Waals surface area contributed by atoms with Gasteiger partial charge in [-0.25, -0.2) is 0 Å². The minimum absolute atomic E-state index is 1.00. The molecule has 0 radical (unpaired) electrons. The molecule has 8 nitrogen and oxygen atoms in total. The highest BCUT2D eigenvalue weighted by Gasteiger charge is 2.07. The van der Waals surface area contributed by atoms with E-state index in [4.69, 9.17) is 0 Å². The van der Waals surface area contributed by atoms with E-state index in [-0.39, 0.29) is 0 Å².